The van der Waals surface area contributed by atoms with Crippen molar-refractivity contribution >= 4 is 33.2 Å². The molecule has 1 aromatic rings. The Bertz CT molecular complexity index is 397. The van der Waals surface area contributed by atoms with E-state index in [4.69, 9.17) is 0 Å². The van der Waals surface area contributed by atoms with E-state index < -0.39 is 0 Å². The van der Waals surface area contributed by atoms with E-state index in [1.54, 1.807) is 0 Å². The Morgan fingerprint density at radius 3 is 2.71 bits per heavy atom. The van der Waals surface area contributed by atoms with Crippen LogP contribution in [0.4, 0.5) is 0 Å². The topological polar surface area (TPSA) is 33.2 Å². The van der Waals surface area contributed by atoms with E-state index in [1.807, 2.05) is 17.2 Å². The highest BCUT2D eigenvalue weighted by molar-refractivity contribution is 9.09. The van der Waals surface area contributed by atoms with Gasteiger partial charge in [-0.2, -0.15) is 0 Å². The zero-order valence-electron chi connectivity index (χ0n) is 10.1. The lowest BCUT2D eigenvalue weighted by Crippen LogP contribution is -2.40. The number of nitrogens with zero attached hydrogens (tertiary/aromatic N) is 2. The van der Waals surface area contributed by atoms with Crippen LogP contribution in [0.25, 0.3) is 0 Å². The molecule has 1 fully saturated rings. The zero-order valence-corrected chi connectivity index (χ0v) is 12.6. The van der Waals surface area contributed by atoms with Crippen LogP contribution < -0.4 is 0 Å². The number of likely N-dealkylation sites (tertiary alicyclic amines) is 1. The number of carbonyl (C=O) groups is 1. The fourth-order valence-corrected chi connectivity index (χ4v) is 3.30. The van der Waals surface area contributed by atoms with Crippen LogP contribution in [0.5, 0.6) is 0 Å². The van der Waals surface area contributed by atoms with Gasteiger partial charge in [0.05, 0.1) is 5.01 Å². The zero-order chi connectivity index (χ0) is 12.4. The smallest absolute Gasteiger partial charge is 0.273 e. The Morgan fingerprint density at radius 1 is 1.59 bits per heavy atom. The normalized spacial score (nSPS) is 19.4. The molecule has 0 spiro atoms. The first-order valence-corrected chi connectivity index (χ1v) is 7.73. The third-order valence-corrected chi connectivity index (χ3v) is 4.84. The molecule has 17 heavy (non-hydrogen) atoms. The Balaban J connectivity index is 1.95. The Kier molecular flexibility index (Phi) is 4.20. The van der Waals surface area contributed by atoms with Gasteiger partial charge in [0.2, 0.25) is 0 Å². The lowest BCUT2D eigenvalue weighted by Gasteiger charge is -2.32. The van der Waals surface area contributed by atoms with Crippen LogP contribution in [0.15, 0.2) is 5.38 Å². The third kappa shape index (κ3) is 3.07. The highest BCUT2D eigenvalue weighted by Crippen LogP contribution is 2.25. The summed E-state index contributed by atoms with van der Waals surface area (Å²) in [4.78, 5) is 18.9. The van der Waals surface area contributed by atoms with Gasteiger partial charge in [-0.05, 0) is 25.7 Å². The summed E-state index contributed by atoms with van der Waals surface area (Å²) >= 11 is 5.16. The van der Waals surface area contributed by atoms with E-state index in [9.17, 15) is 4.79 Å². The lowest BCUT2D eigenvalue weighted by atomic mass is 9.94. The number of amides is 1. The van der Waals surface area contributed by atoms with Crippen molar-refractivity contribution in [2.24, 2.45) is 5.92 Å². The first kappa shape index (κ1) is 13.0. The maximum Gasteiger partial charge on any atom is 0.273 e. The van der Waals surface area contributed by atoms with Gasteiger partial charge in [-0.1, -0.05) is 22.9 Å². The molecule has 2 heterocycles. The first-order valence-electron chi connectivity index (χ1n) is 5.93. The Labute approximate surface area is 114 Å². The molecule has 94 valence electrons. The molecule has 2 rings (SSSR count). The van der Waals surface area contributed by atoms with Crippen LogP contribution in [-0.4, -0.2) is 33.7 Å². The first-order chi connectivity index (χ1) is 8.08. The van der Waals surface area contributed by atoms with Crippen LogP contribution in [0.1, 0.15) is 35.3 Å². The van der Waals surface area contributed by atoms with E-state index in [0.717, 1.165) is 30.9 Å². The van der Waals surface area contributed by atoms with Crippen molar-refractivity contribution in [1.29, 1.82) is 0 Å². The molecule has 1 atom stereocenters. The van der Waals surface area contributed by atoms with Gasteiger partial charge < -0.3 is 4.90 Å². The van der Waals surface area contributed by atoms with Gasteiger partial charge in [-0.25, -0.2) is 4.98 Å². The summed E-state index contributed by atoms with van der Waals surface area (Å²) in [6, 6.07) is 0. The number of halogens is 1. The van der Waals surface area contributed by atoms with Crippen molar-refractivity contribution < 1.29 is 4.79 Å². The van der Waals surface area contributed by atoms with Crippen LogP contribution in [0.2, 0.25) is 0 Å². The van der Waals surface area contributed by atoms with Gasteiger partial charge in [0.25, 0.3) is 5.91 Å². The molecule has 1 unspecified atom stereocenters. The minimum absolute atomic E-state index is 0.0926. The molecule has 0 aliphatic carbocycles. The molecule has 1 aliphatic rings. The highest BCUT2D eigenvalue weighted by Gasteiger charge is 2.26. The van der Waals surface area contributed by atoms with Crippen molar-refractivity contribution in [3.63, 3.8) is 0 Å². The number of hydrogen-bond donors (Lipinski definition) is 0. The molecule has 1 aliphatic heterocycles. The Morgan fingerprint density at radius 2 is 2.24 bits per heavy atom. The Hall–Kier alpha value is -0.420. The summed E-state index contributed by atoms with van der Waals surface area (Å²) in [5.41, 5.74) is 0.609. The standard InChI is InChI=1S/C12H17BrN2OS/c1-8(13)10-3-5-15(6-4-10)12(16)11-7-17-9(2)14-11/h7-8,10H,3-6H2,1-2H3. The molecule has 0 aromatic carbocycles. The van der Waals surface area contributed by atoms with Crippen molar-refractivity contribution in [3.8, 4) is 0 Å². The second-order valence-corrected chi connectivity index (χ2v) is 7.07. The molecule has 0 radical (unpaired) electrons. The maximum absolute atomic E-state index is 12.1. The molecule has 1 saturated heterocycles. The fourth-order valence-electron chi connectivity index (χ4n) is 2.19. The largest absolute Gasteiger partial charge is 0.337 e. The van der Waals surface area contributed by atoms with Crippen molar-refractivity contribution in [2.45, 2.75) is 31.5 Å². The van der Waals surface area contributed by atoms with Gasteiger partial charge in [0, 0.05) is 23.3 Å². The number of aromatic nitrogens is 1. The number of piperidine rings is 1. The molecule has 0 bridgehead atoms. The number of thiazole rings is 1. The molecule has 1 amide bonds. The van der Waals surface area contributed by atoms with Crippen molar-refractivity contribution in [2.75, 3.05) is 13.1 Å². The summed E-state index contributed by atoms with van der Waals surface area (Å²) in [6.45, 7) is 5.83. The molecule has 0 saturated carbocycles. The predicted octanol–water partition coefficient (Wildman–Crippen LogP) is 3.09. The van der Waals surface area contributed by atoms with E-state index >= 15 is 0 Å². The number of carbonyl (C=O) groups excluding carboxylic acids is 1. The van der Waals surface area contributed by atoms with Crippen LogP contribution >= 0.6 is 27.3 Å². The summed E-state index contributed by atoms with van der Waals surface area (Å²) in [6.07, 6.45) is 2.17. The van der Waals surface area contributed by atoms with E-state index in [0.29, 0.717) is 16.4 Å². The maximum atomic E-state index is 12.1. The van der Waals surface area contributed by atoms with Crippen molar-refractivity contribution in [1.82, 2.24) is 9.88 Å². The van der Waals surface area contributed by atoms with Gasteiger partial charge in [0.1, 0.15) is 5.69 Å². The highest BCUT2D eigenvalue weighted by atomic mass is 79.9. The average Bonchev–Trinajstić information content (AvgIpc) is 2.75. The molecular formula is C12H17BrN2OS. The van der Waals surface area contributed by atoms with Gasteiger partial charge in [-0.15, -0.1) is 11.3 Å². The van der Waals surface area contributed by atoms with Crippen LogP contribution in [0.3, 0.4) is 0 Å². The van der Waals surface area contributed by atoms with Gasteiger partial charge in [-0.3, -0.25) is 4.79 Å². The average molecular weight is 317 g/mol. The molecular weight excluding hydrogens is 300 g/mol. The number of aryl methyl sites for hydroxylation is 1. The second-order valence-electron chi connectivity index (χ2n) is 4.56. The third-order valence-electron chi connectivity index (χ3n) is 3.31. The number of rotatable bonds is 2. The summed E-state index contributed by atoms with van der Waals surface area (Å²) in [5.74, 6) is 0.784. The molecule has 1 aromatic heterocycles. The van der Waals surface area contributed by atoms with E-state index in [1.165, 1.54) is 11.3 Å². The van der Waals surface area contributed by atoms with Gasteiger partial charge >= 0.3 is 0 Å². The SMILES string of the molecule is Cc1nc(C(=O)N2CCC(C(C)Br)CC2)cs1. The van der Waals surface area contributed by atoms with E-state index in [-0.39, 0.29) is 5.91 Å². The molecule has 5 heteroatoms. The summed E-state index contributed by atoms with van der Waals surface area (Å²) in [7, 11) is 0. The lowest BCUT2D eigenvalue weighted by molar-refractivity contribution is 0.0686. The number of alkyl halides is 1. The minimum Gasteiger partial charge on any atom is -0.337 e. The van der Waals surface area contributed by atoms with Crippen LogP contribution in [0, 0.1) is 12.8 Å². The minimum atomic E-state index is 0.0926. The molecule has 3 nitrogen and oxygen atoms in total. The number of hydrogen-bond acceptors (Lipinski definition) is 3. The predicted molar refractivity (Wildman–Crippen MR) is 73.9 cm³/mol. The quantitative estimate of drug-likeness (QED) is 0.785. The monoisotopic (exact) mass is 316 g/mol. The van der Waals surface area contributed by atoms with E-state index in [2.05, 4.69) is 27.8 Å². The molecule has 0 N–H and O–H groups in total. The van der Waals surface area contributed by atoms with Crippen molar-refractivity contribution in [3.05, 3.63) is 16.1 Å². The summed E-state index contributed by atoms with van der Waals surface area (Å²) < 4.78 is 0. The van der Waals surface area contributed by atoms with Crippen LogP contribution in [-0.2, 0) is 0 Å². The summed E-state index contributed by atoms with van der Waals surface area (Å²) in [5, 5.41) is 2.81. The fraction of sp³-hybridized carbons (Fsp3) is 0.667. The van der Waals surface area contributed by atoms with Gasteiger partial charge in [0.15, 0.2) is 0 Å². The second kappa shape index (κ2) is 5.48.